The van der Waals surface area contributed by atoms with E-state index >= 15 is 0 Å². The van der Waals surface area contributed by atoms with Crippen LogP contribution in [0.25, 0.3) is 11.8 Å². The maximum Gasteiger partial charge on any atom is 0.270 e. The molecule has 1 aromatic heterocycles. The number of hydrogen-bond acceptors (Lipinski definition) is 6. The Labute approximate surface area is 264 Å². The van der Waals surface area contributed by atoms with E-state index in [1.54, 1.807) is 36.4 Å². The second-order valence-electron chi connectivity index (χ2n) is 9.68. The van der Waals surface area contributed by atoms with Crippen LogP contribution < -0.4 is 24.4 Å². The van der Waals surface area contributed by atoms with Crippen molar-refractivity contribution < 1.29 is 23.8 Å². The second-order valence-corrected chi connectivity index (χ2v) is 10.9. The van der Waals surface area contributed by atoms with Gasteiger partial charge in [-0.15, -0.1) is 0 Å². The van der Waals surface area contributed by atoms with Gasteiger partial charge in [0.15, 0.2) is 5.11 Å². The Kier molecular flexibility index (Phi) is 8.77. The van der Waals surface area contributed by atoms with Crippen molar-refractivity contribution in [3.63, 3.8) is 0 Å². The number of benzene rings is 3. The quantitative estimate of drug-likeness (QED) is 0.130. The monoisotopic (exact) mass is 635 g/mol. The molecular formula is C32H27Cl2N3O5S. The number of halogens is 2. The molecule has 1 N–H and O–H groups in total. The van der Waals surface area contributed by atoms with Crippen molar-refractivity contribution in [1.82, 2.24) is 9.88 Å². The van der Waals surface area contributed by atoms with E-state index in [-0.39, 0.29) is 10.7 Å². The highest BCUT2D eigenvalue weighted by Gasteiger charge is 2.36. The van der Waals surface area contributed by atoms with Gasteiger partial charge >= 0.3 is 0 Å². The summed E-state index contributed by atoms with van der Waals surface area (Å²) in [5.41, 5.74) is 4.51. The lowest BCUT2D eigenvalue weighted by Crippen LogP contribution is -2.54. The van der Waals surface area contributed by atoms with E-state index in [9.17, 15) is 9.59 Å². The number of amides is 2. The average Bonchev–Trinajstić information content (AvgIpc) is 3.27. The maximum atomic E-state index is 13.7. The summed E-state index contributed by atoms with van der Waals surface area (Å²) >= 11 is 17.6. The zero-order valence-electron chi connectivity index (χ0n) is 23.7. The SMILES string of the molecule is COc1ccc(N2C(=O)/C(=C/c3cc(C)n(-c4ccc(OCc5ccc(Cl)cc5Cl)cc4)c3C)C(=O)NC2=S)c(OC)c1. The van der Waals surface area contributed by atoms with Crippen LogP contribution in [-0.4, -0.2) is 35.7 Å². The Balaban J connectivity index is 1.41. The molecule has 0 radical (unpaired) electrons. The molecule has 1 aliphatic heterocycles. The summed E-state index contributed by atoms with van der Waals surface area (Å²) in [6.07, 6.45) is 1.58. The highest BCUT2D eigenvalue weighted by molar-refractivity contribution is 7.80. The minimum Gasteiger partial charge on any atom is -0.497 e. The number of carbonyl (C=O) groups is 2. The molecule has 1 fully saturated rings. The summed E-state index contributed by atoms with van der Waals surface area (Å²) < 4.78 is 18.7. The fourth-order valence-electron chi connectivity index (χ4n) is 4.82. The van der Waals surface area contributed by atoms with E-state index in [0.29, 0.717) is 45.2 Å². The number of nitrogens with zero attached hydrogens (tertiary/aromatic N) is 2. The third-order valence-corrected chi connectivity index (χ3v) is 7.88. The van der Waals surface area contributed by atoms with Crippen LogP contribution in [0.5, 0.6) is 17.2 Å². The number of thiocarbonyl (C=S) groups is 1. The lowest BCUT2D eigenvalue weighted by Gasteiger charge is -2.30. The van der Waals surface area contributed by atoms with Gasteiger partial charge in [-0.2, -0.15) is 0 Å². The van der Waals surface area contributed by atoms with Gasteiger partial charge in [-0.3, -0.25) is 14.9 Å². The molecule has 4 aromatic rings. The molecule has 0 spiro atoms. The van der Waals surface area contributed by atoms with Gasteiger partial charge in [0.25, 0.3) is 11.8 Å². The van der Waals surface area contributed by atoms with Crippen molar-refractivity contribution in [2.45, 2.75) is 20.5 Å². The first-order valence-electron chi connectivity index (χ1n) is 13.1. The second kappa shape index (κ2) is 12.5. The number of hydrogen-bond donors (Lipinski definition) is 1. The lowest BCUT2D eigenvalue weighted by molar-refractivity contribution is -0.122. The normalized spacial score (nSPS) is 14.2. The average molecular weight is 637 g/mol. The van der Waals surface area contributed by atoms with Gasteiger partial charge in [-0.1, -0.05) is 29.3 Å². The van der Waals surface area contributed by atoms with Gasteiger partial charge in [-0.05, 0) is 92.3 Å². The van der Waals surface area contributed by atoms with Crippen LogP contribution in [0.4, 0.5) is 5.69 Å². The van der Waals surface area contributed by atoms with Crippen LogP contribution in [0.1, 0.15) is 22.5 Å². The Morgan fingerprint density at radius 1 is 0.907 bits per heavy atom. The predicted molar refractivity (Wildman–Crippen MR) is 172 cm³/mol. The Hall–Kier alpha value is -4.31. The summed E-state index contributed by atoms with van der Waals surface area (Å²) in [6, 6.07) is 19.8. The topological polar surface area (TPSA) is 82.0 Å². The number of nitrogens with one attached hydrogen (secondary N) is 1. The van der Waals surface area contributed by atoms with E-state index < -0.39 is 11.8 Å². The molecule has 0 aliphatic carbocycles. The predicted octanol–water partition coefficient (Wildman–Crippen LogP) is 6.83. The van der Waals surface area contributed by atoms with E-state index in [1.807, 2.05) is 54.8 Å². The summed E-state index contributed by atoms with van der Waals surface area (Å²) in [5, 5.41) is 3.70. The number of anilines is 1. The van der Waals surface area contributed by atoms with Crippen molar-refractivity contribution in [1.29, 1.82) is 0 Å². The Morgan fingerprint density at radius 2 is 1.63 bits per heavy atom. The number of aromatic nitrogens is 1. The van der Waals surface area contributed by atoms with E-state index in [2.05, 4.69) is 5.32 Å². The van der Waals surface area contributed by atoms with Crippen LogP contribution in [-0.2, 0) is 16.2 Å². The number of aryl methyl sites for hydroxylation is 1. The zero-order chi connectivity index (χ0) is 30.8. The molecular weight excluding hydrogens is 609 g/mol. The third-order valence-electron chi connectivity index (χ3n) is 7.00. The zero-order valence-corrected chi connectivity index (χ0v) is 26.1. The first-order chi connectivity index (χ1) is 20.6. The van der Waals surface area contributed by atoms with Gasteiger partial charge in [0.2, 0.25) is 0 Å². The molecule has 5 rings (SSSR count). The lowest BCUT2D eigenvalue weighted by atomic mass is 10.1. The van der Waals surface area contributed by atoms with Crippen LogP contribution >= 0.6 is 35.4 Å². The summed E-state index contributed by atoms with van der Waals surface area (Å²) in [7, 11) is 3.01. The fourth-order valence-corrected chi connectivity index (χ4v) is 5.56. The molecule has 2 heterocycles. The highest BCUT2D eigenvalue weighted by Crippen LogP contribution is 2.35. The van der Waals surface area contributed by atoms with E-state index in [1.165, 1.54) is 19.1 Å². The van der Waals surface area contributed by atoms with Crippen LogP contribution in [0.2, 0.25) is 10.0 Å². The summed E-state index contributed by atoms with van der Waals surface area (Å²) in [4.78, 5) is 27.9. The number of methoxy groups -OCH3 is 2. The molecule has 11 heteroatoms. The van der Waals surface area contributed by atoms with Gasteiger partial charge in [0, 0.05) is 38.8 Å². The van der Waals surface area contributed by atoms with Gasteiger partial charge < -0.3 is 18.8 Å². The standard InChI is InChI=1S/C32H27Cl2N3O5S/c1-18-13-21(14-26-30(38)35-32(43)37(31(26)39)28-12-11-25(40-3)16-29(28)41-4)19(2)36(18)23-7-9-24(10-8-23)42-17-20-5-6-22(33)15-27(20)34/h5-16H,17H2,1-4H3,(H,35,38,43)/b26-14+. The highest BCUT2D eigenvalue weighted by atomic mass is 35.5. The van der Waals surface area contributed by atoms with Crippen molar-refractivity contribution in [3.05, 3.63) is 105 Å². The van der Waals surface area contributed by atoms with Crippen LogP contribution in [0, 0.1) is 13.8 Å². The molecule has 0 unspecified atom stereocenters. The van der Waals surface area contributed by atoms with E-state index in [4.69, 9.17) is 49.6 Å². The van der Waals surface area contributed by atoms with Crippen LogP contribution in [0.15, 0.2) is 72.3 Å². The number of ether oxygens (including phenoxy) is 3. The first-order valence-corrected chi connectivity index (χ1v) is 14.3. The van der Waals surface area contributed by atoms with E-state index in [0.717, 1.165) is 22.6 Å². The number of carbonyl (C=O) groups excluding carboxylic acids is 2. The largest absolute Gasteiger partial charge is 0.497 e. The molecule has 1 aliphatic rings. The first kappa shape index (κ1) is 30.2. The van der Waals surface area contributed by atoms with Crippen molar-refractivity contribution in [2.75, 3.05) is 19.1 Å². The molecule has 220 valence electrons. The third kappa shape index (κ3) is 6.10. The van der Waals surface area contributed by atoms with Gasteiger partial charge in [0.05, 0.1) is 19.9 Å². The Bertz CT molecular complexity index is 1780. The molecule has 3 aromatic carbocycles. The molecule has 2 amide bonds. The van der Waals surface area contributed by atoms with Gasteiger partial charge in [-0.25, -0.2) is 4.90 Å². The number of rotatable bonds is 8. The summed E-state index contributed by atoms with van der Waals surface area (Å²) in [5.74, 6) is 0.449. The molecule has 43 heavy (non-hydrogen) atoms. The van der Waals surface area contributed by atoms with Crippen molar-refractivity contribution >= 4 is 64.1 Å². The molecule has 1 saturated heterocycles. The fraction of sp³-hybridized carbons (Fsp3) is 0.156. The van der Waals surface area contributed by atoms with Gasteiger partial charge in [0.1, 0.15) is 29.4 Å². The molecule has 0 bridgehead atoms. The van der Waals surface area contributed by atoms with Crippen LogP contribution in [0.3, 0.4) is 0 Å². The minimum atomic E-state index is -0.578. The maximum absolute atomic E-state index is 13.7. The molecule has 0 atom stereocenters. The molecule has 8 nitrogen and oxygen atoms in total. The smallest absolute Gasteiger partial charge is 0.270 e. The molecule has 0 saturated carbocycles. The van der Waals surface area contributed by atoms with Crippen molar-refractivity contribution in [3.8, 4) is 22.9 Å². The Morgan fingerprint density at radius 3 is 2.30 bits per heavy atom. The summed E-state index contributed by atoms with van der Waals surface area (Å²) in [6.45, 7) is 4.18. The van der Waals surface area contributed by atoms with Crippen molar-refractivity contribution in [2.24, 2.45) is 0 Å². The minimum absolute atomic E-state index is 0.0401.